The second kappa shape index (κ2) is 4.21. The van der Waals surface area contributed by atoms with Crippen molar-refractivity contribution in [2.45, 2.75) is 24.9 Å². The van der Waals surface area contributed by atoms with Gasteiger partial charge in [0, 0.05) is 12.1 Å². The number of hydrogen-bond donors (Lipinski definition) is 2. The van der Waals surface area contributed by atoms with E-state index in [1.807, 2.05) is 24.3 Å². The van der Waals surface area contributed by atoms with Crippen LogP contribution >= 0.6 is 0 Å². The van der Waals surface area contributed by atoms with E-state index >= 15 is 0 Å². The van der Waals surface area contributed by atoms with Crippen LogP contribution < -0.4 is 10.1 Å². The highest BCUT2D eigenvalue weighted by molar-refractivity contribution is 5.27. The van der Waals surface area contributed by atoms with Crippen LogP contribution in [-0.4, -0.2) is 24.4 Å². The lowest BCUT2D eigenvalue weighted by molar-refractivity contribution is 0.229. The molecule has 0 spiro atoms. The van der Waals surface area contributed by atoms with Crippen LogP contribution in [0.15, 0.2) is 24.3 Å². The Morgan fingerprint density at radius 1 is 1.33 bits per heavy atom. The van der Waals surface area contributed by atoms with E-state index in [4.69, 9.17) is 9.84 Å². The van der Waals surface area contributed by atoms with E-state index in [1.165, 1.54) is 5.56 Å². The van der Waals surface area contributed by atoms with E-state index in [1.54, 1.807) is 7.11 Å². The minimum atomic E-state index is 0.0138. The fourth-order valence-electron chi connectivity index (χ4n) is 1.57. The molecule has 0 heterocycles. The van der Waals surface area contributed by atoms with Gasteiger partial charge >= 0.3 is 0 Å². The van der Waals surface area contributed by atoms with E-state index in [0.717, 1.165) is 25.1 Å². The number of rotatable bonds is 5. The van der Waals surface area contributed by atoms with Gasteiger partial charge < -0.3 is 15.2 Å². The molecule has 1 aromatic rings. The summed E-state index contributed by atoms with van der Waals surface area (Å²) in [5.74, 6) is 0.877. The van der Waals surface area contributed by atoms with Gasteiger partial charge in [-0.1, -0.05) is 12.1 Å². The van der Waals surface area contributed by atoms with Crippen LogP contribution in [0.1, 0.15) is 18.4 Å². The highest BCUT2D eigenvalue weighted by Gasteiger charge is 2.41. The van der Waals surface area contributed by atoms with Crippen LogP contribution in [0.3, 0.4) is 0 Å². The fourth-order valence-corrected chi connectivity index (χ4v) is 1.57. The lowest BCUT2D eigenvalue weighted by atomic mass is 10.2. The van der Waals surface area contributed by atoms with Crippen LogP contribution in [0.5, 0.6) is 5.75 Å². The Bertz CT molecular complexity index is 317. The van der Waals surface area contributed by atoms with Crippen molar-refractivity contribution in [2.24, 2.45) is 0 Å². The molecule has 82 valence electrons. The first-order valence-electron chi connectivity index (χ1n) is 5.27. The molecule has 0 aliphatic heterocycles. The second-order valence-electron chi connectivity index (χ2n) is 4.14. The van der Waals surface area contributed by atoms with Crippen molar-refractivity contribution < 1.29 is 9.84 Å². The van der Waals surface area contributed by atoms with Crippen molar-refractivity contribution in [1.29, 1.82) is 0 Å². The number of benzene rings is 1. The molecule has 1 aliphatic rings. The Hall–Kier alpha value is -1.06. The molecule has 0 atom stereocenters. The molecule has 0 saturated heterocycles. The molecule has 15 heavy (non-hydrogen) atoms. The summed E-state index contributed by atoms with van der Waals surface area (Å²) in [6, 6.07) is 7.99. The minimum absolute atomic E-state index is 0.0138. The second-order valence-corrected chi connectivity index (χ2v) is 4.14. The molecule has 3 nitrogen and oxygen atoms in total. The zero-order valence-electron chi connectivity index (χ0n) is 8.99. The summed E-state index contributed by atoms with van der Waals surface area (Å²) in [6.07, 6.45) is 2.17. The van der Waals surface area contributed by atoms with Gasteiger partial charge in [0.1, 0.15) is 5.75 Å². The lowest BCUT2D eigenvalue weighted by Crippen LogP contribution is -2.34. The number of methoxy groups -OCH3 is 1. The molecule has 1 fully saturated rings. The average molecular weight is 207 g/mol. The van der Waals surface area contributed by atoms with Gasteiger partial charge in [-0.25, -0.2) is 0 Å². The van der Waals surface area contributed by atoms with E-state index in [9.17, 15) is 0 Å². The van der Waals surface area contributed by atoms with Crippen molar-refractivity contribution in [3.05, 3.63) is 29.8 Å². The summed E-state index contributed by atoms with van der Waals surface area (Å²) in [5.41, 5.74) is 1.23. The fraction of sp³-hybridized carbons (Fsp3) is 0.500. The third-order valence-electron chi connectivity index (χ3n) is 2.98. The zero-order valence-corrected chi connectivity index (χ0v) is 8.99. The van der Waals surface area contributed by atoms with Crippen molar-refractivity contribution in [1.82, 2.24) is 5.32 Å². The van der Waals surface area contributed by atoms with E-state index in [0.29, 0.717) is 0 Å². The lowest BCUT2D eigenvalue weighted by Gasteiger charge is -2.14. The molecule has 2 N–H and O–H groups in total. The maximum Gasteiger partial charge on any atom is 0.118 e. The summed E-state index contributed by atoms with van der Waals surface area (Å²) in [4.78, 5) is 0. The summed E-state index contributed by atoms with van der Waals surface area (Å²) < 4.78 is 5.09. The molecule has 3 heteroatoms. The number of ether oxygens (including phenoxy) is 1. The molecule has 1 aromatic carbocycles. The number of aliphatic hydroxyl groups excluding tert-OH is 1. The Labute approximate surface area is 90.1 Å². The molecule has 1 saturated carbocycles. The maximum atomic E-state index is 9.13. The molecule has 2 rings (SSSR count). The van der Waals surface area contributed by atoms with Gasteiger partial charge in [-0.15, -0.1) is 0 Å². The Balaban J connectivity index is 1.88. The molecule has 0 unspecified atom stereocenters. The van der Waals surface area contributed by atoms with Gasteiger partial charge in [-0.2, -0.15) is 0 Å². The summed E-state index contributed by atoms with van der Waals surface area (Å²) >= 11 is 0. The highest BCUT2D eigenvalue weighted by atomic mass is 16.5. The Morgan fingerprint density at radius 2 is 2.00 bits per heavy atom. The molecule has 0 amide bonds. The van der Waals surface area contributed by atoms with Crippen molar-refractivity contribution in [3.8, 4) is 5.75 Å². The number of aliphatic hydroxyl groups is 1. The number of hydrogen-bond acceptors (Lipinski definition) is 3. The molecule has 1 aliphatic carbocycles. The maximum absolute atomic E-state index is 9.13. The topological polar surface area (TPSA) is 41.5 Å². The highest BCUT2D eigenvalue weighted by Crippen LogP contribution is 2.34. The third-order valence-corrected chi connectivity index (χ3v) is 2.98. The Kier molecular flexibility index (Phi) is 2.93. The molecule has 0 bridgehead atoms. The monoisotopic (exact) mass is 207 g/mol. The van der Waals surface area contributed by atoms with Crippen molar-refractivity contribution >= 4 is 0 Å². The van der Waals surface area contributed by atoms with Crippen molar-refractivity contribution in [2.75, 3.05) is 13.7 Å². The summed E-state index contributed by atoms with van der Waals surface area (Å²) in [5, 5.41) is 12.5. The molecule has 0 aromatic heterocycles. The Morgan fingerprint density at radius 3 is 2.47 bits per heavy atom. The van der Waals surface area contributed by atoms with Crippen LogP contribution in [0.4, 0.5) is 0 Å². The van der Waals surface area contributed by atoms with E-state index in [2.05, 4.69) is 5.32 Å². The van der Waals surface area contributed by atoms with Gasteiger partial charge in [0.25, 0.3) is 0 Å². The van der Waals surface area contributed by atoms with Gasteiger partial charge in [-0.3, -0.25) is 0 Å². The van der Waals surface area contributed by atoms with E-state index in [-0.39, 0.29) is 12.1 Å². The van der Waals surface area contributed by atoms with Crippen LogP contribution in [0.2, 0.25) is 0 Å². The largest absolute Gasteiger partial charge is 0.497 e. The van der Waals surface area contributed by atoms with Gasteiger partial charge in [-0.05, 0) is 30.5 Å². The average Bonchev–Trinajstić information content (AvgIpc) is 3.08. The molecular weight excluding hydrogens is 190 g/mol. The predicted octanol–water partition coefficient (Wildman–Crippen LogP) is 1.31. The van der Waals surface area contributed by atoms with E-state index < -0.39 is 0 Å². The normalized spacial score (nSPS) is 17.5. The van der Waals surface area contributed by atoms with Crippen LogP contribution in [0, 0.1) is 0 Å². The minimum Gasteiger partial charge on any atom is -0.497 e. The first-order valence-corrected chi connectivity index (χ1v) is 5.27. The van der Waals surface area contributed by atoms with Gasteiger partial charge in [0.15, 0.2) is 0 Å². The molecular formula is C12H17NO2. The van der Waals surface area contributed by atoms with Crippen LogP contribution in [0.25, 0.3) is 0 Å². The standard InChI is InChI=1S/C12H17NO2/c1-15-11-4-2-10(3-5-11)8-13-12(9-14)6-7-12/h2-5,13-14H,6-9H2,1H3. The smallest absolute Gasteiger partial charge is 0.118 e. The number of nitrogens with one attached hydrogen (secondary N) is 1. The first kappa shape index (κ1) is 10.5. The summed E-state index contributed by atoms with van der Waals surface area (Å²) in [6.45, 7) is 1.05. The first-order chi connectivity index (χ1) is 7.28. The zero-order chi connectivity index (χ0) is 10.7. The molecule has 0 radical (unpaired) electrons. The third kappa shape index (κ3) is 2.49. The van der Waals surface area contributed by atoms with Crippen LogP contribution in [-0.2, 0) is 6.54 Å². The van der Waals surface area contributed by atoms with Gasteiger partial charge in [0.2, 0.25) is 0 Å². The van der Waals surface area contributed by atoms with Crippen molar-refractivity contribution in [3.63, 3.8) is 0 Å². The quantitative estimate of drug-likeness (QED) is 0.765. The van der Waals surface area contributed by atoms with Gasteiger partial charge in [0.05, 0.1) is 13.7 Å². The predicted molar refractivity (Wildman–Crippen MR) is 58.9 cm³/mol. The summed E-state index contributed by atoms with van der Waals surface area (Å²) in [7, 11) is 1.66. The SMILES string of the molecule is COc1ccc(CNC2(CO)CC2)cc1.